The van der Waals surface area contributed by atoms with E-state index in [1.165, 1.54) is 36.2 Å². The summed E-state index contributed by atoms with van der Waals surface area (Å²) in [5.41, 5.74) is 4.31. The highest BCUT2D eigenvalue weighted by Crippen LogP contribution is 2.19. The molecule has 0 heterocycles. The molecule has 0 aromatic heterocycles. The minimum atomic E-state index is -3.88. The van der Waals surface area contributed by atoms with E-state index in [0.29, 0.717) is 11.4 Å². The zero-order valence-electron chi connectivity index (χ0n) is 19.0. The molecule has 8 heteroatoms. The fourth-order valence-electron chi connectivity index (χ4n) is 3.22. The molecule has 0 fully saturated rings. The third kappa shape index (κ3) is 5.98. The lowest BCUT2D eigenvalue weighted by atomic mass is 10.1. The topological polar surface area (TPSA) is 95.6 Å². The minimum absolute atomic E-state index is 0.0397. The van der Waals surface area contributed by atoms with Crippen LogP contribution in [0.5, 0.6) is 0 Å². The zero-order chi connectivity index (χ0) is 24.2. The van der Waals surface area contributed by atoms with Crippen molar-refractivity contribution in [3.63, 3.8) is 0 Å². The lowest BCUT2D eigenvalue weighted by molar-refractivity contribution is -0.116. The van der Waals surface area contributed by atoms with Crippen molar-refractivity contribution in [3.05, 3.63) is 89.0 Å². The van der Waals surface area contributed by atoms with Gasteiger partial charge in [-0.25, -0.2) is 8.42 Å². The van der Waals surface area contributed by atoms with Crippen molar-refractivity contribution >= 4 is 33.2 Å². The van der Waals surface area contributed by atoms with Crippen LogP contribution in [-0.4, -0.2) is 38.7 Å². The number of sulfonamides is 1. The maximum atomic E-state index is 12.9. The Bertz CT molecular complexity index is 1290. The quantitative estimate of drug-likeness (QED) is 0.549. The van der Waals surface area contributed by atoms with E-state index in [1.54, 1.807) is 30.3 Å². The zero-order valence-corrected chi connectivity index (χ0v) is 19.9. The number of nitrogens with zero attached hydrogens (tertiary/aromatic N) is 1. The third-order valence-corrected chi connectivity index (χ3v) is 6.68. The predicted molar refractivity (Wildman–Crippen MR) is 130 cm³/mol. The second-order valence-corrected chi connectivity index (χ2v) is 9.64. The fourth-order valence-corrected chi connectivity index (χ4v) is 4.32. The first kappa shape index (κ1) is 24.0. The molecule has 3 rings (SSSR count). The summed E-state index contributed by atoms with van der Waals surface area (Å²) in [4.78, 5) is 26.5. The van der Waals surface area contributed by atoms with E-state index in [2.05, 4.69) is 10.0 Å². The Kier molecular flexibility index (Phi) is 7.18. The monoisotopic (exact) mass is 465 g/mol. The van der Waals surface area contributed by atoms with Gasteiger partial charge in [-0.3, -0.25) is 14.3 Å². The summed E-state index contributed by atoms with van der Waals surface area (Å²) in [6.45, 7) is 5.60. The molecule has 0 unspecified atom stereocenters. The van der Waals surface area contributed by atoms with Gasteiger partial charge in [0.2, 0.25) is 5.91 Å². The molecule has 33 heavy (non-hydrogen) atoms. The number of amides is 2. The number of carbonyl (C=O) groups is 2. The van der Waals surface area contributed by atoms with Crippen molar-refractivity contribution in [2.45, 2.75) is 25.7 Å². The highest BCUT2D eigenvalue weighted by molar-refractivity contribution is 7.92. The Hall–Kier alpha value is -3.65. The third-order valence-electron chi connectivity index (χ3n) is 5.30. The van der Waals surface area contributed by atoms with E-state index < -0.39 is 15.9 Å². The molecule has 0 saturated carbocycles. The summed E-state index contributed by atoms with van der Waals surface area (Å²) in [6, 6.07) is 18.3. The number of aryl methyl sites for hydroxylation is 2. The summed E-state index contributed by atoms with van der Waals surface area (Å²) >= 11 is 0. The summed E-state index contributed by atoms with van der Waals surface area (Å²) in [6.07, 6.45) is 0. The summed E-state index contributed by atoms with van der Waals surface area (Å²) in [7, 11) is -2.38. The number of nitrogens with one attached hydrogen (secondary N) is 2. The summed E-state index contributed by atoms with van der Waals surface area (Å²) < 4.78 is 28.1. The van der Waals surface area contributed by atoms with Crippen molar-refractivity contribution in [3.8, 4) is 0 Å². The molecule has 0 aliphatic carbocycles. The molecule has 0 spiro atoms. The van der Waals surface area contributed by atoms with Gasteiger partial charge in [0.1, 0.15) is 0 Å². The van der Waals surface area contributed by atoms with E-state index in [-0.39, 0.29) is 22.9 Å². The largest absolute Gasteiger partial charge is 0.332 e. The Labute approximate surface area is 194 Å². The van der Waals surface area contributed by atoms with Crippen LogP contribution in [0.25, 0.3) is 0 Å². The Balaban J connectivity index is 1.70. The number of carbonyl (C=O) groups excluding carboxylic acids is 2. The predicted octanol–water partition coefficient (Wildman–Crippen LogP) is 4.12. The summed E-state index contributed by atoms with van der Waals surface area (Å²) in [5.74, 6) is -0.803. The van der Waals surface area contributed by atoms with Crippen LogP contribution in [0.2, 0.25) is 0 Å². The molecule has 7 nitrogen and oxygen atoms in total. The Morgan fingerprint density at radius 1 is 0.909 bits per heavy atom. The van der Waals surface area contributed by atoms with Crippen LogP contribution in [0.4, 0.5) is 11.4 Å². The van der Waals surface area contributed by atoms with E-state index in [0.717, 1.165) is 16.7 Å². The Morgan fingerprint density at radius 2 is 1.58 bits per heavy atom. The van der Waals surface area contributed by atoms with Crippen LogP contribution in [-0.2, 0) is 14.8 Å². The van der Waals surface area contributed by atoms with E-state index >= 15 is 0 Å². The van der Waals surface area contributed by atoms with Crippen molar-refractivity contribution in [2.75, 3.05) is 23.6 Å². The molecule has 0 aliphatic heterocycles. The average Bonchev–Trinajstić information content (AvgIpc) is 2.78. The van der Waals surface area contributed by atoms with Gasteiger partial charge < -0.3 is 10.2 Å². The van der Waals surface area contributed by atoms with E-state index in [4.69, 9.17) is 0 Å². The van der Waals surface area contributed by atoms with Crippen molar-refractivity contribution in [1.29, 1.82) is 0 Å². The van der Waals surface area contributed by atoms with Crippen LogP contribution in [0.3, 0.4) is 0 Å². The van der Waals surface area contributed by atoms with Gasteiger partial charge in [0, 0.05) is 24.0 Å². The normalized spacial score (nSPS) is 11.0. The van der Waals surface area contributed by atoms with Crippen LogP contribution in [0.15, 0.2) is 71.6 Å². The number of benzene rings is 3. The molecule has 0 saturated heterocycles. The fraction of sp³-hybridized carbons (Fsp3) is 0.200. The van der Waals surface area contributed by atoms with E-state index in [9.17, 15) is 18.0 Å². The van der Waals surface area contributed by atoms with Crippen LogP contribution >= 0.6 is 0 Å². The maximum Gasteiger partial charge on any atom is 0.261 e. The van der Waals surface area contributed by atoms with Gasteiger partial charge in [0.05, 0.1) is 11.4 Å². The van der Waals surface area contributed by atoms with E-state index in [1.807, 2.05) is 32.9 Å². The number of hydrogen-bond acceptors (Lipinski definition) is 4. The molecule has 2 N–H and O–H groups in total. The first-order valence-corrected chi connectivity index (χ1v) is 11.9. The Morgan fingerprint density at radius 3 is 2.27 bits per heavy atom. The first-order chi connectivity index (χ1) is 15.6. The highest BCUT2D eigenvalue weighted by atomic mass is 32.2. The van der Waals surface area contributed by atoms with Gasteiger partial charge in [0.25, 0.3) is 15.9 Å². The smallest absolute Gasteiger partial charge is 0.261 e. The van der Waals surface area contributed by atoms with Crippen molar-refractivity contribution in [2.24, 2.45) is 0 Å². The molecule has 0 bridgehead atoms. The molecule has 0 radical (unpaired) electrons. The highest BCUT2D eigenvalue weighted by Gasteiger charge is 2.20. The lowest BCUT2D eigenvalue weighted by Crippen LogP contribution is -2.35. The van der Waals surface area contributed by atoms with Crippen molar-refractivity contribution < 1.29 is 18.0 Å². The van der Waals surface area contributed by atoms with Gasteiger partial charge in [0.15, 0.2) is 0 Å². The number of hydrogen-bond donors (Lipinski definition) is 2. The van der Waals surface area contributed by atoms with Gasteiger partial charge in [-0.1, -0.05) is 35.9 Å². The first-order valence-electron chi connectivity index (χ1n) is 10.4. The molecule has 172 valence electrons. The number of rotatable bonds is 7. The van der Waals surface area contributed by atoms with Gasteiger partial charge in [-0.05, 0) is 68.3 Å². The molecule has 0 atom stereocenters. The van der Waals surface area contributed by atoms with Gasteiger partial charge in [-0.2, -0.15) is 0 Å². The van der Waals surface area contributed by atoms with Crippen LogP contribution in [0, 0.1) is 20.8 Å². The molecular formula is C25H27N3O4S. The van der Waals surface area contributed by atoms with Crippen LogP contribution < -0.4 is 10.0 Å². The van der Waals surface area contributed by atoms with Gasteiger partial charge in [-0.15, -0.1) is 0 Å². The molecule has 3 aromatic rings. The van der Waals surface area contributed by atoms with Crippen LogP contribution in [0.1, 0.15) is 27.0 Å². The molecule has 2 amide bonds. The summed E-state index contributed by atoms with van der Waals surface area (Å²) in [5, 5.41) is 2.82. The number of likely N-dealkylation sites (N-methyl/N-ethyl adjacent to an activating group) is 1. The van der Waals surface area contributed by atoms with Crippen molar-refractivity contribution in [1.82, 2.24) is 4.90 Å². The number of anilines is 2. The second-order valence-electron chi connectivity index (χ2n) is 7.96. The second kappa shape index (κ2) is 9.87. The standard InChI is InChI=1S/C25H27N3O4S/c1-17-11-13-21(14-12-17)27-33(31,32)22-9-6-8-20(15-22)25(30)28(4)16-24(29)26-23-10-5-7-18(2)19(23)3/h5-15,27H,16H2,1-4H3,(H,26,29). The minimum Gasteiger partial charge on any atom is -0.332 e. The molecular weight excluding hydrogens is 438 g/mol. The van der Waals surface area contributed by atoms with Gasteiger partial charge >= 0.3 is 0 Å². The molecule has 0 aliphatic rings. The molecule has 3 aromatic carbocycles. The SMILES string of the molecule is Cc1ccc(NS(=O)(=O)c2cccc(C(=O)N(C)CC(=O)Nc3cccc(C)c3C)c2)cc1. The maximum absolute atomic E-state index is 12.9. The lowest BCUT2D eigenvalue weighted by Gasteiger charge is -2.18. The average molecular weight is 466 g/mol.